The molecule has 1 rings (SSSR count). The van der Waals surface area contributed by atoms with Crippen LogP contribution in [0.3, 0.4) is 0 Å². The molecule has 0 aliphatic heterocycles. The molecule has 1 aromatic carbocycles. The molecule has 0 radical (unpaired) electrons. The highest BCUT2D eigenvalue weighted by molar-refractivity contribution is 5.75. The van der Waals surface area contributed by atoms with Crippen molar-refractivity contribution in [3.05, 3.63) is 35.6 Å². The van der Waals surface area contributed by atoms with Gasteiger partial charge in [-0.3, -0.25) is 0 Å². The Morgan fingerprint density at radius 3 is 2.31 bits per heavy atom. The Hall–Kier alpha value is -1.42. The van der Waals surface area contributed by atoms with Gasteiger partial charge in [-0.25, -0.2) is 4.39 Å². The molecular weight excluding hydrogens is 173 g/mol. The Morgan fingerprint density at radius 2 is 1.92 bits per heavy atom. The highest BCUT2D eigenvalue weighted by atomic mass is 19.1. The Kier molecular flexibility index (Phi) is 2.34. The molecule has 0 heterocycles. The maximum absolute atomic E-state index is 12.5. The number of carboxylic acid groups (broad SMARTS) is 1. The van der Waals surface area contributed by atoms with Gasteiger partial charge in [-0.2, -0.15) is 0 Å². The summed E-state index contributed by atoms with van der Waals surface area (Å²) in [7, 11) is 0. The van der Waals surface area contributed by atoms with Crippen LogP contribution in [0.25, 0.3) is 0 Å². The zero-order valence-corrected chi connectivity index (χ0v) is 7.21. The van der Waals surface area contributed by atoms with Crippen LogP contribution in [0, 0.1) is 5.82 Å². The molecule has 70 valence electrons. The lowest BCUT2D eigenvalue weighted by atomic mass is 9.94. The zero-order chi connectivity index (χ0) is 10.1. The van der Waals surface area contributed by atoms with Gasteiger partial charge < -0.3 is 15.6 Å². The summed E-state index contributed by atoms with van der Waals surface area (Å²) in [5, 5.41) is 10.6. The van der Waals surface area contributed by atoms with Crippen molar-refractivity contribution in [1.82, 2.24) is 0 Å². The normalized spacial score (nSPS) is 15.0. The van der Waals surface area contributed by atoms with E-state index in [1.54, 1.807) is 0 Å². The van der Waals surface area contributed by atoms with Crippen molar-refractivity contribution in [1.29, 1.82) is 0 Å². The van der Waals surface area contributed by atoms with Crippen LogP contribution < -0.4 is 10.8 Å². The molecule has 4 heteroatoms. The number of carboxylic acids is 1. The van der Waals surface area contributed by atoms with E-state index in [1.165, 1.54) is 31.2 Å². The summed E-state index contributed by atoms with van der Waals surface area (Å²) in [6, 6.07) is 5.17. The molecule has 3 nitrogen and oxygen atoms in total. The molecule has 3 N–H and O–H groups in total. The third kappa shape index (κ3) is 1.84. The highest BCUT2D eigenvalue weighted by Gasteiger charge is 2.26. The van der Waals surface area contributed by atoms with E-state index in [9.17, 15) is 14.3 Å². The summed E-state index contributed by atoms with van der Waals surface area (Å²) >= 11 is 0. The number of hydrogen-bond acceptors (Lipinski definition) is 2. The van der Waals surface area contributed by atoms with Gasteiger partial charge in [0.2, 0.25) is 0 Å². The van der Waals surface area contributed by atoms with Gasteiger partial charge in [0.25, 0.3) is 0 Å². The molecule has 0 amide bonds. The van der Waals surface area contributed by atoms with E-state index in [1.807, 2.05) is 0 Å². The fraction of sp³-hybridized carbons (Fsp3) is 0.222. The molecule has 0 aliphatic carbocycles. The van der Waals surface area contributed by atoms with Crippen molar-refractivity contribution in [3.63, 3.8) is 0 Å². The van der Waals surface area contributed by atoms with Gasteiger partial charge in [0.1, 0.15) is 11.8 Å². The number of carbonyl (C=O) groups is 1. The lowest BCUT2D eigenvalue weighted by Crippen LogP contribution is -2.75. The average molecular weight is 183 g/mol. The smallest absolute Gasteiger partial charge is 0.157 e. The van der Waals surface area contributed by atoms with E-state index >= 15 is 0 Å². The predicted molar refractivity (Wildman–Crippen MR) is 41.6 cm³/mol. The van der Waals surface area contributed by atoms with Crippen LogP contribution in [0.2, 0.25) is 0 Å². The SMILES string of the molecule is C[C@@]([NH3+])(C(=O)[O-])c1ccc(F)cc1. The summed E-state index contributed by atoms with van der Waals surface area (Å²) in [5.74, 6) is -1.68. The Balaban J connectivity index is 3.08. The number of carbonyl (C=O) groups excluding carboxylic acids is 1. The number of aliphatic carboxylic acids is 1. The average Bonchev–Trinajstić information content (AvgIpc) is 2.04. The Labute approximate surface area is 75.0 Å². The first-order valence-corrected chi connectivity index (χ1v) is 3.77. The van der Waals surface area contributed by atoms with Gasteiger partial charge in [0.05, 0.1) is 0 Å². The van der Waals surface area contributed by atoms with Gasteiger partial charge >= 0.3 is 0 Å². The fourth-order valence-electron chi connectivity index (χ4n) is 0.936. The van der Waals surface area contributed by atoms with Gasteiger partial charge in [0, 0.05) is 12.5 Å². The van der Waals surface area contributed by atoms with Crippen molar-refractivity contribution >= 4 is 5.97 Å². The lowest BCUT2D eigenvalue weighted by Gasteiger charge is -2.21. The molecule has 0 unspecified atom stereocenters. The van der Waals surface area contributed by atoms with Crippen LogP contribution in [0.1, 0.15) is 12.5 Å². The largest absolute Gasteiger partial charge is 0.543 e. The summed E-state index contributed by atoms with van der Waals surface area (Å²) in [5.41, 5.74) is 2.58. The zero-order valence-electron chi connectivity index (χ0n) is 7.21. The third-order valence-electron chi connectivity index (χ3n) is 1.93. The molecule has 1 aromatic rings. The number of quaternary nitrogens is 1. The number of hydrogen-bond donors (Lipinski definition) is 1. The van der Waals surface area contributed by atoms with Crippen LogP contribution >= 0.6 is 0 Å². The van der Waals surface area contributed by atoms with Crippen molar-refractivity contribution in [2.75, 3.05) is 0 Å². The molecule has 0 aliphatic rings. The standard InChI is InChI=1S/C9H10FNO2/c1-9(11,8(12)13)6-2-4-7(10)5-3-6/h2-5H,11H2,1H3,(H,12,13)/t9-/m0/s1. The van der Waals surface area contributed by atoms with Crippen molar-refractivity contribution in [2.45, 2.75) is 12.5 Å². The van der Waals surface area contributed by atoms with Gasteiger partial charge in [-0.05, 0) is 24.3 Å². The van der Waals surface area contributed by atoms with Crippen LogP contribution in [0.4, 0.5) is 4.39 Å². The van der Waals surface area contributed by atoms with E-state index in [2.05, 4.69) is 5.73 Å². The van der Waals surface area contributed by atoms with Gasteiger partial charge in [0.15, 0.2) is 5.54 Å². The first-order chi connectivity index (χ1) is 5.94. The topological polar surface area (TPSA) is 67.8 Å². The summed E-state index contributed by atoms with van der Waals surface area (Å²) in [4.78, 5) is 10.6. The van der Waals surface area contributed by atoms with E-state index in [4.69, 9.17) is 0 Å². The first kappa shape index (κ1) is 9.67. The van der Waals surface area contributed by atoms with Crippen LogP contribution in [-0.4, -0.2) is 5.97 Å². The van der Waals surface area contributed by atoms with Crippen LogP contribution in [0.15, 0.2) is 24.3 Å². The number of benzene rings is 1. The highest BCUT2D eigenvalue weighted by Crippen LogP contribution is 2.14. The molecule has 13 heavy (non-hydrogen) atoms. The van der Waals surface area contributed by atoms with Gasteiger partial charge in [-0.15, -0.1) is 0 Å². The van der Waals surface area contributed by atoms with Crippen LogP contribution in [0.5, 0.6) is 0 Å². The van der Waals surface area contributed by atoms with Crippen LogP contribution in [-0.2, 0) is 10.3 Å². The van der Waals surface area contributed by atoms with E-state index in [0.717, 1.165) is 0 Å². The molecule has 0 fully saturated rings. The monoisotopic (exact) mass is 183 g/mol. The maximum Gasteiger partial charge on any atom is 0.157 e. The first-order valence-electron chi connectivity index (χ1n) is 3.77. The molecular formula is C9H10FNO2. The number of rotatable bonds is 2. The second-order valence-electron chi connectivity index (χ2n) is 3.13. The van der Waals surface area contributed by atoms with Gasteiger partial charge in [-0.1, -0.05) is 0 Å². The minimum atomic E-state index is -1.33. The summed E-state index contributed by atoms with van der Waals surface area (Å²) in [6.07, 6.45) is 0. The van der Waals surface area contributed by atoms with Crippen molar-refractivity contribution < 1.29 is 20.0 Å². The minimum absolute atomic E-state index is 0.405. The van der Waals surface area contributed by atoms with E-state index < -0.39 is 17.3 Å². The number of halogens is 1. The Morgan fingerprint density at radius 1 is 1.46 bits per heavy atom. The summed E-state index contributed by atoms with van der Waals surface area (Å²) in [6.45, 7) is 1.41. The Bertz CT molecular complexity index is 319. The molecule has 1 atom stereocenters. The van der Waals surface area contributed by atoms with Crippen molar-refractivity contribution in [2.24, 2.45) is 0 Å². The van der Waals surface area contributed by atoms with E-state index in [0.29, 0.717) is 5.56 Å². The maximum atomic E-state index is 12.5. The van der Waals surface area contributed by atoms with E-state index in [-0.39, 0.29) is 0 Å². The second-order valence-corrected chi connectivity index (χ2v) is 3.13. The molecule has 0 bridgehead atoms. The minimum Gasteiger partial charge on any atom is -0.543 e. The molecule has 0 spiro atoms. The second kappa shape index (κ2) is 3.14. The molecule has 0 saturated heterocycles. The predicted octanol–water partition coefficient (Wildman–Crippen LogP) is -0.967. The molecule has 0 aromatic heterocycles. The molecule has 0 saturated carbocycles. The lowest BCUT2D eigenvalue weighted by molar-refractivity contribution is -0.489. The quantitative estimate of drug-likeness (QED) is 0.641. The van der Waals surface area contributed by atoms with Crippen molar-refractivity contribution in [3.8, 4) is 0 Å². The fourth-order valence-corrected chi connectivity index (χ4v) is 0.936. The summed E-state index contributed by atoms with van der Waals surface area (Å²) < 4.78 is 12.5. The third-order valence-corrected chi connectivity index (χ3v) is 1.93.